The Labute approximate surface area is 127 Å². The Kier molecular flexibility index (Phi) is 8.85. The molecular formula is C14H27ClN4O. The van der Waals surface area contributed by atoms with Gasteiger partial charge in [-0.3, -0.25) is 0 Å². The van der Waals surface area contributed by atoms with Crippen molar-refractivity contribution < 1.29 is 4.74 Å². The number of aryl methyl sites for hydroxylation is 1. The second-order valence-electron chi connectivity index (χ2n) is 5.03. The monoisotopic (exact) mass is 302 g/mol. The standard InChI is InChI=1S/C14H27ClN4O/c1-4-5-6-13-17-12(14(15)18-13)11-16-7-8-19(2)9-10-20-3/h16H,4-11H2,1-3H3,(H,17,18). The van der Waals surface area contributed by atoms with E-state index < -0.39 is 0 Å². The summed E-state index contributed by atoms with van der Waals surface area (Å²) < 4.78 is 5.05. The topological polar surface area (TPSA) is 53.2 Å². The van der Waals surface area contributed by atoms with E-state index in [1.54, 1.807) is 7.11 Å². The van der Waals surface area contributed by atoms with Gasteiger partial charge in [-0.15, -0.1) is 0 Å². The molecule has 0 bridgehead atoms. The highest BCUT2D eigenvalue weighted by Crippen LogP contribution is 2.13. The van der Waals surface area contributed by atoms with E-state index in [-0.39, 0.29) is 0 Å². The van der Waals surface area contributed by atoms with Gasteiger partial charge in [0.15, 0.2) is 5.15 Å². The van der Waals surface area contributed by atoms with Crippen molar-refractivity contribution in [2.24, 2.45) is 0 Å². The fourth-order valence-corrected chi connectivity index (χ4v) is 2.08. The molecule has 2 N–H and O–H groups in total. The molecule has 5 nitrogen and oxygen atoms in total. The smallest absolute Gasteiger partial charge is 0.151 e. The van der Waals surface area contributed by atoms with E-state index in [9.17, 15) is 0 Å². The van der Waals surface area contributed by atoms with E-state index in [2.05, 4.69) is 34.2 Å². The molecule has 0 fully saturated rings. The minimum atomic E-state index is 0.594. The Hall–Kier alpha value is -0.620. The lowest BCUT2D eigenvalue weighted by atomic mass is 10.2. The quantitative estimate of drug-likeness (QED) is 0.615. The van der Waals surface area contributed by atoms with Crippen LogP contribution in [0.3, 0.4) is 0 Å². The maximum Gasteiger partial charge on any atom is 0.151 e. The zero-order valence-electron chi connectivity index (χ0n) is 12.8. The Morgan fingerprint density at radius 1 is 1.40 bits per heavy atom. The number of imidazole rings is 1. The predicted molar refractivity (Wildman–Crippen MR) is 83.3 cm³/mol. The Morgan fingerprint density at radius 3 is 2.90 bits per heavy atom. The highest BCUT2D eigenvalue weighted by molar-refractivity contribution is 6.30. The fraction of sp³-hybridized carbons (Fsp3) is 0.786. The number of methoxy groups -OCH3 is 1. The number of aromatic nitrogens is 2. The van der Waals surface area contributed by atoms with Crippen LogP contribution in [0.1, 0.15) is 31.3 Å². The minimum absolute atomic E-state index is 0.594. The Bertz CT molecular complexity index is 370. The summed E-state index contributed by atoms with van der Waals surface area (Å²) in [5, 5.41) is 3.97. The predicted octanol–water partition coefficient (Wildman–Crippen LogP) is 2.07. The van der Waals surface area contributed by atoms with E-state index >= 15 is 0 Å². The van der Waals surface area contributed by atoms with E-state index in [0.717, 1.165) is 57.1 Å². The Morgan fingerprint density at radius 2 is 2.20 bits per heavy atom. The number of aromatic amines is 1. The van der Waals surface area contributed by atoms with Crippen LogP contribution in [-0.2, 0) is 17.7 Å². The third kappa shape index (κ3) is 6.70. The molecule has 1 aromatic heterocycles. The zero-order chi connectivity index (χ0) is 14.8. The number of unbranched alkanes of at least 4 members (excludes halogenated alkanes) is 1. The van der Waals surface area contributed by atoms with E-state index in [0.29, 0.717) is 5.15 Å². The third-order valence-electron chi connectivity index (χ3n) is 3.19. The molecule has 1 aromatic rings. The maximum absolute atomic E-state index is 6.12. The molecular weight excluding hydrogens is 276 g/mol. The van der Waals surface area contributed by atoms with Crippen molar-refractivity contribution in [2.45, 2.75) is 32.7 Å². The summed E-state index contributed by atoms with van der Waals surface area (Å²) >= 11 is 6.12. The fourth-order valence-electron chi connectivity index (χ4n) is 1.86. The Balaban J connectivity index is 2.22. The number of hydrogen-bond donors (Lipinski definition) is 2. The molecule has 6 heteroatoms. The molecule has 0 saturated heterocycles. The molecule has 0 aliphatic carbocycles. The van der Waals surface area contributed by atoms with Gasteiger partial charge in [0.1, 0.15) is 5.82 Å². The molecule has 0 unspecified atom stereocenters. The molecule has 0 spiro atoms. The SMILES string of the molecule is CCCCc1nc(Cl)c(CNCCN(C)CCOC)[nH]1. The summed E-state index contributed by atoms with van der Waals surface area (Å²) in [5.41, 5.74) is 0.984. The van der Waals surface area contributed by atoms with Gasteiger partial charge in [-0.05, 0) is 13.5 Å². The number of ether oxygens (including phenoxy) is 1. The second kappa shape index (κ2) is 10.2. The molecule has 0 aromatic carbocycles. The highest BCUT2D eigenvalue weighted by Gasteiger charge is 2.07. The van der Waals surface area contributed by atoms with Gasteiger partial charge in [0.25, 0.3) is 0 Å². The van der Waals surface area contributed by atoms with Crippen molar-refractivity contribution >= 4 is 11.6 Å². The third-order valence-corrected chi connectivity index (χ3v) is 3.51. The van der Waals surface area contributed by atoms with Gasteiger partial charge < -0.3 is 19.9 Å². The lowest BCUT2D eigenvalue weighted by Gasteiger charge is -2.15. The van der Waals surface area contributed by atoms with Crippen LogP contribution in [0.4, 0.5) is 0 Å². The van der Waals surface area contributed by atoms with Gasteiger partial charge in [-0.1, -0.05) is 24.9 Å². The first-order chi connectivity index (χ1) is 9.67. The summed E-state index contributed by atoms with van der Waals surface area (Å²) in [4.78, 5) is 9.88. The van der Waals surface area contributed by atoms with Crippen molar-refractivity contribution in [1.82, 2.24) is 20.2 Å². The van der Waals surface area contributed by atoms with Gasteiger partial charge in [0.2, 0.25) is 0 Å². The van der Waals surface area contributed by atoms with Crippen LogP contribution in [-0.4, -0.2) is 55.3 Å². The van der Waals surface area contributed by atoms with Crippen LogP contribution in [0.5, 0.6) is 0 Å². The highest BCUT2D eigenvalue weighted by atomic mass is 35.5. The number of hydrogen-bond acceptors (Lipinski definition) is 4. The summed E-state index contributed by atoms with van der Waals surface area (Å²) in [6.45, 7) is 6.52. The molecule has 0 aliphatic heterocycles. The first-order valence-corrected chi connectivity index (χ1v) is 7.66. The normalized spacial score (nSPS) is 11.4. The van der Waals surface area contributed by atoms with Gasteiger partial charge in [-0.2, -0.15) is 0 Å². The average Bonchev–Trinajstić information content (AvgIpc) is 2.79. The van der Waals surface area contributed by atoms with Crippen LogP contribution in [0.2, 0.25) is 5.15 Å². The molecule has 116 valence electrons. The number of halogens is 1. The summed E-state index contributed by atoms with van der Waals surface area (Å²) in [7, 11) is 3.81. The molecule has 0 amide bonds. The van der Waals surface area contributed by atoms with E-state index in [4.69, 9.17) is 16.3 Å². The molecule has 0 saturated carbocycles. The average molecular weight is 303 g/mol. The van der Waals surface area contributed by atoms with Gasteiger partial charge >= 0.3 is 0 Å². The van der Waals surface area contributed by atoms with Gasteiger partial charge in [0.05, 0.1) is 12.3 Å². The first-order valence-electron chi connectivity index (χ1n) is 7.28. The number of nitrogens with one attached hydrogen (secondary N) is 2. The number of nitrogens with zero attached hydrogens (tertiary/aromatic N) is 2. The van der Waals surface area contributed by atoms with Crippen LogP contribution in [0.15, 0.2) is 0 Å². The molecule has 0 atom stereocenters. The van der Waals surface area contributed by atoms with Crippen molar-refractivity contribution in [3.05, 3.63) is 16.7 Å². The zero-order valence-corrected chi connectivity index (χ0v) is 13.6. The molecule has 0 aliphatic rings. The lowest BCUT2D eigenvalue weighted by Crippen LogP contribution is -2.31. The van der Waals surface area contributed by atoms with Crippen molar-refractivity contribution in [3.8, 4) is 0 Å². The summed E-state index contributed by atoms with van der Waals surface area (Å²) in [5.74, 6) is 0.992. The molecule has 20 heavy (non-hydrogen) atoms. The van der Waals surface area contributed by atoms with E-state index in [1.807, 2.05) is 0 Å². The van der Waals surface area contributed by atoms with Crippen LogP contribution >= 0.6 is 11.6 Å². The van der Waals surface area contributed by atoms with Crippen LogP contribution in [0.25, 0.3) is 0 Å². The van der Waals surface area contributed by atoms with E-state index in [1.165, 1.54) is 6.42 Å². The largest absolute Gasteiger partial charge is 0.383 e. The summed E-state index contributed by atoms with van der Waals surface area (Å²) in [6.07, 6.45) is 3.27. The number of rotatable bonds is 11. The van der Waals surface area contributed by atoms with Crippen LogP contribution < -0.4 is 5.32 Å². The number of H-pyrrole nitrogens is 1. The number of likely N-dealkylation sites (N-methyl/N-ethyl adjacent to an activating group) is 1. The van der Waals surface area contributed by atoms with Gasteiger partial charge in [-0.25, -0.2) is 4.98 Å². The van der Waals surface area contributed by atoms with Crippen LogP contribution in [0, 0.1) is 0 Å². The minimum Gasteiger partial charge on any atom is -0.383 e. The second-order valence-corrected chi connectivity index (χ2v) is 5.39. The molecule has 1 rings (SSSR count). The van der Waals surface area contributed by atoms with Gasteiger partial charge in [0, 0.05) is 39.7 Å². The molecule has 0 radical (unpaired) electrons. The summed E-state index contributed by atoms with van der Waals surface area (Å²) in [6, 6.07) is 0. The molecule has 1 heterocycles. The van der Waals surface area contributed by atoms with Crippen molar-refractivity contribution in [1.29, 1.82) is 0 Å². The maximum atomic E-state index is 6.12. The van der Waals surface area contributed by atoms with Crippen molar-refractivity contribution in [2.75, 3.05) is 40.4 Å². The lowest BCUT2D eigenvalue weighted by molar-refractivity contribution is 0.161. The van der Waals surface area contributed by atoms with Crippen molar-refractivity contribution in [3.63, 3.8) is 0 Å². The first kappa shape index (κ1) is 17.4.